The van der Waals surface area contributed by atoms with E-state index in [0.717, 1.165) is 25.4 Å². The molecule has 1 aromatic rings. The van der Waals surface area contributed by atoms with E-state index in [1.807, 2.05) is 19.1 Å². The van der Waals surface area contributed by atoms with Gasteiger partial charge in [-0.1, -0.05) is 0 Å². The molecule has 0 spiro atoms. The van der Waals surface area contributed by atoms with E-state index in [0.29, 0.717) is 12.8 Å². The number of furan rings is 1. The summed E-state index contributed by atoms with van der Waals surface area (Å²) < 4.78 is 5.28. The average Bonchev–Trinajstić information content (AvgIpc) is 2.74. The minimum atomic E-state index is -0.676. The Balaban J connectivity index is 1.88. The van der Waals surface area contributed by atoms with Crippen LogP contribution in [0.5, 0.6) is 0 Å². The van der Waals surface area contributed by atoms with Crippen LogP contribution in [0.3, 0.4) is 0 Å². The molecule has 0 amide bonds. The van der Waals surface area contributed by atoms with Crippen LogP contribution in [0.2, 0.25) is 0 Å². The van der Waals surface area contributed by atoms with Gasteiger partial charge >= 0.3 is 5.97 Å². The summed E-state index contributed by atoms with van der Waals surface area (Å²) in [5.74, 6) is 0.268. The SMILES string of the molecule is CC1(C(=O)O)CCN(Cc2ccco2)CC1. The second kappa shape index (κ2) is 4.29. The molecule has 1 saturated heterocycles. The predicted molar refractivity (Wildman–Crippen MR) is 59.0 cm³/mol. The number of carboxylic acids is 1. The van der Waals surface area contributed by atoms with Gasteiger partial charge in [0.15, 0.2) is 0 Å². The molecular formula is C12H17NO3. The normalized spacial score (nSPS) is 20.8. The van der Waals surface area contributed by atoms with Crippen LogP contribution in [0.15, 0.2) is 22.8 Å². The fourth-order valence-corrected chi connectivity index (χ4v) is 2.04. The molecule has 1 aromatic heterocycles. The Labute approximate surface area is 94.9 Å². The third kappa shape index (κ3) is 2.27. The molecule has 0 bridgehead atoms. The van der Waals surface area contributed by atoms with Gasteiger partial charge in [-0.25, -0.2) is 0 Å². The second-order valence-corrected chi connectivity index (χ2v) is 4.72. The van der Waals surface area contributed by atoms with Crippen LogP contribution in [0.1, 0.15) is 25.5 Å². The van der Waals surface area contributed by atoms with Gasteiger partial charge in [0.2, 0.25) is 0 Å². The number of piperidine rings is 1. The van der Waals surface area contributed by atoms with Crippen LogP contribution in [0.4, 0.5) is 0 Å². The molecular weight excluding hydrogens is 206 g/mol. The lowest BCUT2D eigenvalue weighted by molar-refractivity contribution is -0.150. The third-order valence-electron chi connectivity index (χ3n) is 3.44. The smallest absolute Gasteiger partial charge is 0.309 e. The summed E-state index contributed by atoms with van der Waals surface area (Å²) in [6, 6.07) is 3.83. The Hall–Kier alpha value is -1.29. The Kier molecular flexibility index (Phi) is 3.01. The predicted octanol–water partition coefficient (Wildman–Crippen LogP) is 1.97. The second-order valence-electron chi connectivity index (χ2n) is 4.72. The average molecular weight is 223 g/mol. The van der Waals surface area contributed by atoms with E-state index in [4.69, 9.17) is 9.52 Å². The number of hydrogen-bond acceptors (Lipinski definition) is 3. The number of carbonyl (C=O) groups is 1. The van der Waals surface area contributed by atoms with E-state index in [9.17, 15) is 4.79 Å². The molecule has 0 atom stereocenters. The van der Waals surface area contributed by atoms with Gasteiger partial charge in [0, 0.05) is 0 Å². The van der Waals surface area contributed by atoms with Gasteiger partial charge in [-0.3, -0.25) is 9.69 Å². The molecule has 1 N–H and O–H groups in total. The summed E-state index contributed by atoms with van der Waals surface area (Å²) in [6.45, 7) is 4.26. The zero-order valence-electron chi connectivity index (χ0n) is 9.48. The molecule has 0 radical (unpaired) electrons. The first-order chi connectivity index (χ1) is 7.60. The number of rotatable bonds is 3. The maximum Gasteiger partial charge on any atom is 0.309 e. The Bertz CT molecular complexity index is 350. The highest BCUT2D eigenvalue weighted by atomic mass is 16.4. The molecule has 0 unspecified atom stereocenters. The van der Waals surface area contributed by atoms with Crippen LogP contribution in [0.25, 0.3) is 0 Å². The number of likely N-dealkylation sites (tertiary alicyclic amines) is 1. The van der Waals surface area contributed by atoms with Gasteiger partial charge in [-0.2, -0.15) is 0 Å². The van der Waals surface area contributed by atoms with E-state index >= 15 is 0 Å². The summed E-state index contributed by atoms with van der Waals surface area (Å²) >= 11 is 0. The first-order valence-corrected chi connectivity index (χ1v) is 5.58. The molecule has 0 saturated carbocycles. The van der Waals surface area contributed by atoms with Crippen molar-refractivity contribution in [2.24, 2.45) is 5.41 Å². The van der Waals surface area contributed by atoms with Gasteiger partial charge in [-0.15, -0.1) is 0 Å². The molecule has 2 rings (SSSR count). The molecule has 2 heterocycles. The highest BCUT2D eigenvalue weighted by Crippen LogP contribution is 2.31. The van der Waals surface area contributed by atoms with Crippen molar-refractivity contribution < 1.29 is 14.3 Å². The molecule has 0 aliphatic carbocycles. The molecule has 0 aromatic carbocycles. The maximum absolute atomic E-state index is 11.1. The zero-order valence-corrected chi connectivity index (χ0v) is 9.48. The fraction of sp³-hybridized carbons (Fsp3) is 0.583. The highest BCUT2D eigenvalue weighted by molar-refractivity contribution is 5.74. The van der Waals surface area contributed by atoms with Crippen LogP contribution >= 0.6 is 0 Å². The summed E-state index contributed by atoms with van der Waals surface area (Å²) in [7, 11) is 0. The van der Waals surface area contributed by atoms with Crippen LogP contribution in [0, 0.1) is 5.41 Å². The minimum Gasteiger partial charge on any atom is -0.481 e. The molecule has 4 nitrogen and oxygen atoms in total. The van der Waals surface area contributed by atoms with Crippen LogP contribution in [-0.2, 0) is 11.3 Å². The number of hydrogen-bond donors (Lipinski definition) is 1. The number of aliphatic carboxylic acids is 1. The van der Waals surface area contributed by atoms with Crippen molar-refractivity contribution in [2.45, 2.75) is 26.3 Å². The summed E-state index contributed by atoms with van der Waals surface area (Å²) in [4.78, 5) is 13.3. The summed E-state index contributed by atoms with van der Waals surface area (Å²) in [6.07, 6.45) is 3.09. The standard InChI is InChI=1S/C12H17NO3/c1-12(11(14)15)4-6-13(7-5-12)9-10-3-2-8-16-10/h2-3,8H,4-7,9H2,1H3,(H,14,15). The summed E-state index contributed by atoms with van der Waals surface area (Å²) in [5, 5.41) is 9.10. The first-order valence-electron chi connectivity index (χ1n) is 5.58. The Morgan fingerprint density at radius 1 is 1.56 bits per heavy atom. The lowest BCUT2D eigenvalue weighted by Gasteiger charge is -2.35. The van der Waals surface area contributed by atoms with Gasteiger partial charge in [0.05, 0.1) is 18.2 Å². The molecule has 1 fully saturated rings. The minimum absolute atomic E-state index is 0.542. The molecule has 1 aliphatic rings. The molecule has 16 heavy (non-hydrogen) atoms. The van der Waals surface area contributed by atoms with E-state index in [1.165, 1.54) is 0 Å². The van der Waals surface area contributed by atoms with Crippen LogP contribution < -0.4 is 0 Å². The largest absolute Gasteiger partial charge is 0.481 e. The van der Waals surface area contributed by atoms with Gasteiger partial charge in [0.1, 0.15) is 5.76 Å². The Morgan fingerprint density at radius 3 is 2.75 bits per heavy atom. The monoisotopic (exact) mass is 223 g/mol. The van der Waals surface area contributed by atoms with Crippen molar-refractivity contribution in [1.29, 1.82) is 0 Å². The van der Waals surface area contributed by atoms with Crippen molar-refractivity contribution >= 4 is 5.97 Å². The van der Waals surface area contributed by atoms with Gasteiger partial charge in [-0.05, 0) is 45.0 Å². The number of nitrogens with zero attached hydrogens (tertiary/aromatic N) is 1. The van der Waals surface area contributed by atoms with Gasteiger partial charge < -0.3 is 9.52 Å². The van der Waals surface area contributed by atoms with Crippen LogP contribution in [-0.4, -0.2) is 29.1 Å². The highest BCUT2D eigenvalue weighted by Gasteiger charge is 2.36. The van der Waals surface area contributed by atoms with E-state index < -0.39 is 11.4 Å². The van der Waals surface area contributed by atoms with Crippen molar-refractivity contribution in [2.75, 3.05) is 13.1 Å². The van der Waals surface area contributed by atoms with Gasteiger partial charge in [0.25, 0.3) is 0 Å². The van der Waals surface area contributed by atoms with Crippen molar-refractivity contribution in [3.63, 3.8) is 0 Å². The van der Waals surface area contributed by atoms with E-state index in [-0.39, 0.29) is 0 Å². The lowest BCUT2D eigenvalue weighted by atomic mass is 9.80. The Morgan fingerprint density at radius 2 is 2.25 bits per heavy atom. The molecule has 1 aliphatic heterocycles. The first kappa shape index (κ1) is 11.2. The number of carboxylic acid groups (broad SMARTS) is 1. The van der Waals surface area contributed by atoms with Crippen molar-refractivity contribution in [3.05, 3.63) is 24.2 Å². The quantitative estimate of drug-likeness (QED) is 0.851. The fourth-order valence-electron chi connectivity index (χ4n) is 2.04. The van der Waals surface area contributed by atoms with E-state index in [2.05, 4.69) is 4.90 Å². The lowest BCUT2D eigenvalue weighted by Crippen LogP contribution is -2.42. The summed E-state index contributed by atoms with van der Waals surface area (Å²) in [5.41, 5.74) is -0.542. The van der Waals surface area contributed by atoms with Crippen molar-refractivity contribution in [1.82, 2.24) is 4.90 Å². The third-order valence-corrected chi connectivity index (χ3v) is 3.44. The maximum atomic E-state index is 11.1. The van der Waals surface area contributed by atoms with E-state index in [1.54, 1.807) is 6.26 Å². The molecule has 4 heteroatoms. The molecule has 88 valence electrons. The topological polar surface area (TPSA) is 53.7 Å². The van der Waals surface area contributed by atoms with Crippen molar-refractivity contribution in [3.8, 4) is 0 Å². The zero-order chi connectivity index (χ0) is 11.6.